The lowest BCUT2D eigenvalue weighted by Crippen LogP contribution is -2.18. The zero-order valence-electron chi connectivity index (χ0n) is 14.3. The van der Waals surface area contributed by atoms with Crippen molar-refractivity contribution in [3.63, 3.8) is 0 Å². The Kier molecular flexibility index (Phi) is 4.38. The first-order valence-electron chi connectivity index (χ1n) is 8.54. The van der Waals surface area contributed by atoms with Crippen LogP contribution in [0.2, 0.25) is 0 Å². The molecule has 1 unspecified atom stereocenters. The van der Waals surface area contributed by atoms with Crippen molar-refractivity contribution in [1.82, 2.24) is 0 Å². The van der Waals surface area contributed by atoms with Crippen molar-refractivity contribution in [2.75, 3.05) is 5.01 Å². The standard InChI is InChI=1S/C21H16FN3O2/c22-17-8-6-15(7-9-17)20-14-21(16-4-2-1-3-5-16)24(23-20)18-10-12-19(13-11-18)25(26)27/h1-13,21H,14H2. The molecule has 0 aromatic heterocycles. The van der Waals surface area contributed by atoms with Crippen LogP contribution in [0.25, 0.3) is 0 Å². The fourth-order valence-electron chi connectivity index (χ4n) is 3.23. The average molecular weight is 361 g/mol. The Morgan fingerprint density at radius 3 is 2.26 bits per heavy atom. The normalized spacial score (nSPS) is 16.3. The van der Waals surface area contributed by atoms with Crippen molar-refractivity contribution < 1.29 is 9.31 Å². The van der Waals surface area contributed by atoms with Crippen molar-refractivity contribution in [2.45, 2.75) is 12.5 Å². The van der Waals surface area contributed by atoms with Crippen molar-refractivity contribution in [3.05, 3.63) is 106 Å². The van der Waals surface area contributed by atoms with Crippen LogP contribution in [0.4, 0.5) is 15.8 Å². The van der Waals surface area contributed by atoms with E-state index < -0.39 is 4.92 Å². The summed E-state index contributed by atoms with van der Waals surface area (Å²) in [6, 6.07) is 22.6. The maximum absolute atomic E-state index is 13.3. The lowest BCUT2D eigenvalue weighted by atomic mass is 9.98. The molecule has 0 radical (unpaired) electrons. The maximum atomic E-state index is 13.3. The van der Waals surface area contributed by atoms with E-state index in [1.807, 2.05) is 35.3 Å². The number of hydrogen-bond donors (Lipinski definition) is 0. The van der Waals surface area contributed by atoms with E-state index in [-0.39, 0.29) is 17.5 Å². The highest BCUT2D eigenvalue weighted by atomic mass is 19.1. The molecule has 0 bridgehead atoms. The number of nitrogens with zero attached hydrogens (tertiary/aromatic N) is 3. The second kappa shape index (κ2) is 6.99. The molecule has 0 amide bonds. The summed E-state index contributed by atoms with van der Waals surface area (Å²) in [4.78, 5) is 10.5. The van der Waals surface area contributed by atoms with E-state index in [1.54, 1.807) is 24.3 Å². The summed E-state index contributed by atoms with van der Waals surface area (Å²) in [7, 11) is 0. The zero-order valence-corrected chi connectivity index (χ0v) is 14.3. The number of non-ortho nitro benzene ring substituents is 1. The molecule has 0 fully saturated rings. The van der Waals surface area contributed by atoms with Gasteiger partial charge in [0.05, 0.1) is 22.4 Å². The summed E-state index contributed by atoms with van der Waals surface area (Å²) in [6.45, 7) is 0. The first-order valence-corrected chi connectivity index (χ1v) is 8.54. The van der Waals surface area contributed by atoms with Gasteiger partial charge in [-0.25, -0.2) is 4.39 Å². The molecule has 3 aromatic carbocycles. The lowest BCUT2D eigenvalue weighted by Gasteiger charge is -2.23. The van der Waals surface area contributed by atoms with Crippen LogP contribution < -0.4 is 5.01 Å². The number of halogens is 1. The summed E-state index contributed by atoms with van der Waals surface area (Å²) in [5.41, 5.74) is 3.61. The SMILES string of the molecule is O=[N+]([O-])c1ccc(N2N=C(c3ccc(F)cc3)CC2c2ccccc2)cc1. The largest absolute Gasteiger partial charge is 0.269 e. The van der Waals surface area contributed by atoms with Gasteiger partial charge in [-0.2, -0.15) is 5.10 Å². The number of rotatable bonds is 4. The molecule has 5 nitrogen and oxygen atoms in total. The van der Waals surface area contributed by atoms with Crippen molar-refractivity contribution in [3.8, 4) is 0 Å². The van der Waals surface area contributed by atoms with Gasteiger partial charge in [-0.3, -0.25) is 15.1 Å². The quantitative estimate of drug-likeness (QED) is 0.480. The van der Waals surface area contributed by atoms with E-state index in [4.69, 9.17) is 5.10 Å². The molecule has 0 saturated heterocycles. The van der Waals surface area contributed by atoms with Gasteiger partial charge in [0.1, 0.15) is 5.82 Å². The summed E-state index contributed by atoms with van der Waals surface area (Å²) in [5.74, 6) is -0.288. The van der Waals surface area contributed by atoms with Gasteiger partial charge in [0.2, 0.25) is 0 Å². The highest BCUT2D eigenvalue weighted by Gasteiger charge is 2.30. The van der Waals surface area contributed by atoms with E-state index >= 15 is 0 Å². The molecule has 27 heavy (non-hydrogen) atoms. The Morgan fingerprint density at radius 1 is 0.963 bits per heavy atom. The van der Waals surface area contributed by atoms with Gasteiger partial charge in [0, 0.05) is 18.6 Å². The number of hydrogen-bond acceptors (Lipinski definition) is 4. The van der Waals surface area contributed by atoms with Gasteiger partial charge in [0.15, 0.2) is 0 Å². The fourth-order valence-corrected chi connectivity index (χ4v) is 3.23. The van der Waals surface area contributed by atoms with Crippen LogP contribution in [0.15, 0.2) is 84.0 Å². The van der Waals surface area contributed by atoms with Gasteiger partial charge in [-0.05, 0) is 35.4 Å². The summed E-state index contributed by atoms with van der Waals surface area (Å²) in [5, 5.41) is 17.5. The second-order valence-electron chi connectivity index (χ2n) is 6.30. The van der Waals surface area contributed by atoms with E-state index in [9.17, 15) is 14.5 Å². The van der Waals surface area contributed by atoms with Crippen LogP contribution in [0.5, 0.6) is 0 Å². The fraction of sp³-hybridized carbons (Fsp3) is 0.0952. The second-order valence-corrected chi connectivity index (χ2v) is 6.30. The van der Waals surface area contributed by atoms with Crippen LogP contribution >= 0.6 is 0 Å². The number of hydrazone groups is 1. The Labute approximate surface area is 155 Å². The maximum Gasteiger partial charge on any atom is 0.269 e. The number of anilines is 1. The van der Waals surface area contributed by atoms with E-state index in [2.05, 4.69) is 0 Å². The first-order chi connectivity index (χ1) is 13.1. The topological polar surface area (TPSA) is 58.7 Å². The lowest BCUT2D eigenvalue weighted by molar-refractivity contribution is -0.384. The third-order valence-electron chi connectivity index (χ3n) is 4.60. The first kappa shape index (κ1) is 16.9. The number of nitro benzene ring substituents is 1. The minimum absolute atomic E-state index is 0.0345. The smallest absolute Gasteiger partial charge is 0.258 e. The molecule has 1 heterocycles. The molecule has 1 aliphatic heterocycles. The van der Waals surface area contributed by atoms with Gasteiger partial charge in [-0.15, -0.1) is 0 Å². The zero-order chi connectivity index (χ0) is 18.8. The predicted molar refractivity (Wildman–Crippen MR) is 102 cm³/mol. The summed E-state index contributed by atoms with van der Waals surface area (Å²) < 4.78 is 13.3. The molecule has 1 aliphatic rings. The van der Waals surface area contributed by atoms with E-state index in [0.717, 1.165) is 22.5 Å². The van der Waals surface area contributed by atoms with Gasteiger partial charge >= 0.3 is 0 Å². The third-order valence-corrected chi connectivity index (χ3v) is 4.60. The molecule has 1 atom stereocenters. The molecule has 0 saturated carbocycles. The minimum Gasteiger partial charge on any atom is -0.258 e. The molecular formula is C21H16FN3O2. The molecule has 3 aromatic rings. The molecular weight excluding hydrogens is 345 g/mol. The number of benzene rings is 3. The number of nitro groups is 1. The Balaban J connectivity index is 1.73. The molecule has 0 spiro atoms. The van der Waals surface area contributed by atoms with Gasteiger partial charge in [-0.1, -0.05) is 42.5 Å². The van der Waals surface area contributed by atoms with E-state index in [1.165, 1.54) is 24.3 Å². The van der Waals surface area contributed by atoms with Crippen molar-refractivity contribution in [2.24, 2.45) is 5.10 Å². The minimum atomic E-state index is -0.421. The highest BCUT2D eigenvalue weighted by molar-refractivity contribution is 6.03. The van der Waals surface area contributed by atoms with Crippen LogP contribution in [0, 0.1) is 15.9 Å². The van der Waals surface area contributed by atoms with Crippen LogP contribution in [-0.4, -0.2) is 10.6 Å². The average Bonchev–Trinajstić information content (AvgIpc) is 3.15. The monoisotopic (exact) mass is 361 g/mol. The van der Waals surface area contributed by atoms with Crippen LogP contribution in [-0.2, 0) is 0 Å². The van der Waals surface area contributed by atoms with Crippen LogP contribution in [0.1, 0.15) is 23.6 Å². The molecule has 134 valence electrons. The summed E-state index contributed by atoms with van der Waals surface area (Å²) in [6.07, 6.45) is 0.659. The van der Waals surface area contributed by atoms with Crippen molar-refractivity contribution in [1.29, 1.82) is 0 Å². The Bertz CT molecular complexity index is 986. The predicted octanol–water partition coefficient (Wildman–Crippen LogP) is 5.09. The van der Waals surface area contributed by atoms with Gasteiger partial charge in [0.25, 0.3) is 5.69 Å². The third kappa shape index (κ3) is 3.42. The van der Waals surface area contributed by atoms with Crippen molar-refractivity contribution >= 4 is 17.1 Å². The molecule has 0 N–H and O–H groups in total. The van der Waals surface area contributed by atoms with Crippen LogP contribution in [0.3, 0.4) is 0 Å². The molecule has 0 aliphatic carbocycles. The van der Waals surface area contributed by atoms with Gasteiger partial charge < -0.3 is 0 Å². The summed E-state index contributed by atoms with van der Waals surface area (Å²) >= 11 is 0. The Hall–Kier alpha value is -3.54. The Morgan fingerprint density at radius 2 is 1.63 bits per heavy atom. The highest BCUT2D eigenvalue weighted by Crippen LogP contribution is 2.37. The molecule has 6 heteroatoms. The molecule has 4 rings (SSSR count). The van der Waals surface area contributed by atoms with E-state index in [0.29, 0.717) is 6.42 Å².